The predicted octanol–water partition coefficient (Wildman–Crippen LogP) is 2.56. The predicted molar refractivity (Wildman–Crippen MR) is 83.1 cm³/mol. The second kappa shape index (κ2) is 7.76. The zero-order valence-corrected chi connectivity index (χ0v) is 12.8. The van der Waals surface area contributed by atoms with E-state index in [0.717, 1.165) is 37.2 Å². The topological polar surface area (TPSA) is 59.6 Å². The number of benzene rings is 1. The molecule has 1 heterocycles. The van der Waals surface area contributed by atoms with E-state index in [-0.39, 0.29) is 11.9 Å². The highest BCUT2D eigenvalue weighted by molar-refractivity contribution is 5.84. The van der Waals surface area contributed by atoms with Gasteiger partial charge in [0.15, 0.2) is 11.5 Å². The van der Waals surface area contributed by atoms with Crippen LogP contribution in [0.4, 0.5) is 5.69 Å². The Morgan fingerprint density at radius 3 is 2.71 bits per heavy atom. The lowest BCUT2D eigenvalue weighted by molar-refractivity contribution is -0.121. The first-order valence-electron chi connectivity index (χ1n) is 7.68. The van der Waals surface area contributed by atoms with E-state index in [0.29, 0.717) is 19.0 Å². The zero-order valence-electron chi connectivity index (χ0n) is 12.8. The number of carbonyl (C=O) groups excluding carboxylic acids is 1. The number of carbonyl (C=O) groups is 1. The molecule has 1 aromatic carbocycles. The smallest absolute Gasteiger partial charge is 0.242 e. The second-order valence-corrected chi connectivity index (χ2v) is 5.01. The molecule has 1 aliphatic rings. The van der Waals surface area contributed by atoms with Crippen molar-refractivity contribution < 1.29 is 14.3 Å². The fourth-order valence-corrected chi connectivity index (χ4v) is 2.42. The van der Waals surface area contributed by atoms with Gasteiger partial charge in [0.2, 0.25) is 5.91 Å². The number of amides is 1. The summed E-state index contributed by atoms with van der Waals surface area (Å²) in [7, 11) is 0. The SMILES string of the molecule is CCOc1ccc(NC2CCCCNC2=O)cc1OCC. The molecule has 1 saturated heterocycles. The van der Waals surface area contributed by atoms with Gasteiger partial charge >= 0.3 is 0 Å². The van der Waals surface area contributed by atoms with Crippen LogP contribution in [0.25, 0.3) is 0 Å². The van der Waals surface area contributed by atoms with Crippen molar-refractivity contribution in [2.75, 3.05) is 25.1 Å². The summed E-state index contributed by atoms with van der Waals surface area (Å²) in [6.07, 6.45) is 2.94. The van der Waals surface area contributed by atoms with Gasteiger partial charge in [0.1, 0.15) is 6.04 Å². The molecule has 1 fully saturated rings. The van der Waals surface area contributed by atoms with Gasteiger partial charge in [0.25, 0.3) is 0 Å². The van der Waals surface area contributed by atoms with Crippen LogP contribution >= 0.6 is 0 Å². The Hall–Kier alpha value is -1.91. The van der Waals surface area contributed by atoms with E-state index in [1.807, 2.05) is 32.0 Å². The standard InChI is InChI=1S/C16H24N2O3/c1-3-20-14-9-8-12(11-15(14)21-4-2)18-13-7-5-6-10-17-16(13)19/h8-9,11,13,18H,3-7,10H2,1-2H3,(H,17,19). The van der Waals surface area contributed by atoms with E-state index >= 15 is 0 Å². The van der Waals surface area contributed by atoms with Crippen molar-refractivity contribution in [3.8, 4) is 11.5 Å². The Morgan fingerprint density at radius 1 is 1.19 bits per heavy atom. The van der Waals surface area contributed by atoms with Crippen molar-refractivity contribution in [3.63, 3.8) is 0 Å². The largest absolute Gasteiger partial charge is 0.490 e. The summed E-state index contributed by atoms with van der Waals surface area (Å²) in [4.78, 5) is 12.0. The minimum absolute atomic E-state index is 0.0688. The highest BCUT2D eigenvalue weighted by atomic mass is 16.5. The van der Waals surface area contributed by atoms with E-state index in [1.54, 1.807) is 0 Å². The third-order valence-corrected chi connectivity index (χ3v) is 3.42. The molecule has 1 amide bonds. The number of hydrogen-bond donors (Lipinski definition) is 2. The maximum absolute atomic E-state index is 12.0. The Kier molecular flexibility index (Phi) is 5.72. The molecular weight excluding hydrogens is 268 g/mol. The summed E-state index contributed by atoms with van der Waals surface area (Å²) in [6.45, 7) is 5.82. The Bertz CT molecular complexity index is 477. The maximum atomic E-state index is 12.0. The van der Waals surface area contributed by atoms with Gasteiger partial charge in [0.05, 0.1) is 13.2 Å². The molecule has 116 valence electrons. The molecule has 1 atom stereocenters. The lowest BCUT2D eigenvalue weighted by Crippen LogP contribution is -2.37. The quantitative estimate of drug-likeness (QED) is 0.846. The molecule has 0 aliphatic carbocycles. The van der Waals surface area contributed by atoms with Crippen molar-refractivity contribution in [2.45, 2.75) is 39.2 Å². The van der Waals surface area contributed by atoms with E-state index in [2.05, 4.69) is 10.6 Å². The minimum Gasteiger partial charge on any atom is -0.490 e. The average Bonchev–Trinajstić information content (AvgIpc) is 2.67. The highest BCUT2D eigenvalue weighted by Crippen LogP contribution is 2.31. The first kappa shape index (κ1) is 15.5. The first-order valence-corrected chi connectivity index (χ1v) is 7.68. The van der Waals surface area contributed by atoms with Crippen molar-refractivity contribution >= 4 is 11.6 Å². The van der Waals surface area contributed by atoms with Crippen LogP contribution in [0, 0.1) is 0 Å². The van der Waals surface area contributed by atoms with Crippen LogP contribution < -0.4 is 20.1 Å². The molecule has 0 spiro atoms. The molecule has 2 rings (SSSR count). The summed E-state index contributed by atoms with van der Waals surface area (Å²) in [6, 6.07) is 5.52. The van der Waals surface area contributed by atoms with Gasteiger partial charge in [-0.2, -0.15) is 0 Å². The van der Waals surface area contributed by atoms with Crippen LogP contribution in [0.1, 0.15) is 33.1 Å². The lowest BCUT2D eigenvalue weighted by atomic mass is 10.1. The number of rotatable bonds is 6. The van der Waals surface area contributed by atoms with Crippen molar-refractivity contribution in [1.29, 1.82) is 0 Å². The van der Waals surface area contributed by atoms with Gasteiger partial charge in [0, 0.05) is 18.3 Å². The molecule has 1 aromatic rings. The number of anilines is 1. The molecule has 0 radical (unpaired) electrons. The summed E-state index contributed by atoms with van der Waals surface area (Å²) >= 11 is 0. The third kappa shape index (κ3) is 4.28. The fourth-order valence-electron chi connectivity index (χ4n) is 2.42. The molecular formula is C16H24N2O3. The number of ether oxygens (including phenoxy) is 2. The molecule has 5 heteroatoms. The Balaban J connectivity index is 2.11. The normalized spacial score (nSPS) is 18.6. The summed E-state index contributed by atoms with van der Waals surface area (Å²) in [5.41, 5.74) is 0.879. The molecule has 1 aliphatic heterocycles. The van der Waals surface area contributed by atoms with Crippen LogP contribution in [0.15, 0.2) is 18.2 Å². The van der Waals surface area contributed by atoms with Crippen molar-refractivity contribution in [1.82, 2.24) is 5.32 Å². The monoisotopic (exact) mass is 292 g/mol. The van der Waals surface area contributed by atoms with Gasteiger partial charge in [-0.3, -0.25) is 4.79 Å². The van der Waals surface area contributed by atoms with Crippen LogP contribution in [0.5, 0.6) is 11.5 Å². The van der Waals surface area contributed by atoms with E-state index < -0.39 is 0 Å². The van der Waals surface area contributed by atoms with Gasteiger partial charge in [-0.05, 0) is 45.2 Å². The average molecular weight is 292 g/mol. The van der Waals surface area contributed by atoms with Crippen molar-refractivity contribution in [2.24, 2.45) is 0 Å². The Morgan fingerprint density at radius 2 is 1.95 bits per heavy atom. The first-order chi connectivity index (χ1) is 10.2. The van der Waals surface area contributed by atoms with Gasteiger partial charge in [-0.15, -0.1) is 0 Å². The summed E-state index contributed by atoms with van der Waals surface area (Å²) < 4.78 is 11.1. The van der Waals surface area contributed by atoms with E-state index in [4.69, 9.17) is 9.47 Å². The van der Waals surface area contributed by atoms with Crippen molar-refractivity contribution in [3.05, 3.63) is 18.2 Å². The Labute approximate surface area is 126 Å². The van der Waals surface area contributed by atoms with Gasteiger partial charge in [-0.1, -0.05) is 0 Å². The van der Waals surface area contributed by atoms with E-state index in [9.17, 15) is 4.79 Å². The number of nitrogens with one attached hydrogen (secondary N) is 2. The van der Waals surface area contributed by atoms with Crippen LogP contribution in [0.2, 0.25) is 0 Å². The maximum Gasteiger partial charge on any atom is 0.242 e. The summed E-state index contributed by atoms with van der Waals surface area (Å²) in [5.74, 6) is 1.51. The molecule has 0 aromatic heterocycles. The van der Waals surface area contributed by atoms with E-state index in [1.165, 1.54) is 0 Å². The molecule has 1 unspecified atom stereocenters. The van der Waals surface area contributed by atoms with Crippen LogP contribution in [-0.2, 0) is 4.79 Å². The fraction of sp³-hybridized carbons (Fsp3) is 0.562. The van der Waals surface area contributed by atoms with Crippen LogP contribution in [0.3, 0.4) is 0 Å². The molecule has 0 bridgehead atoms. The number of hydrogen-bond acceptors (Lipinski definition) is 4. The highest BCUT2D eigenvalue weighted by Gasteiger charge is 2.20. The van der Waals surface area contributed by atoms with Gasteiger partial charge in [-0.25, -0.2) is 0 Å². The molecule has 2 N–H and O–H groups in total. The lowest BCUT2D eigenvalue weighted by Gasteiger charge is -2.18. The second-order valence-electron chi connectivity index (χ2n) is 5.01. The van der Waals surface area contributed by atoms with Crippen LogP contribution in [-0.4, -0.2) is 31.7 Å². The summed E-state index contributed by atoms with van der Waals surface area (Å²) in [5, 5.41) is 6.22. The molecule has 21 heavy (non-hydrogen) atoms. The molecule has 5 nitrogen and oxygen atoms in total. The third-order valence-electron chi connectivity index (χ3n) is 3.42. The molecule has 0 saturated carbocycles. The minimum atomic E-state index is -0.181. The zero-order chi connectivity index (χ0) is 15.1. The van der Waals surface area contributed by atoms with Gasteiger partial charge < -0.3 is 20.1 Å².